The Labute approximate surface area is 147 Å². The fraction of sp³-hybridized carbons (Fsp3) is 0.389. The summed E-state index contributed by atoms with van der Waals surface area (Å²) in [5.41, 5.74) is 1.03. The van der Waals surface area contributed by atoms with Crippen molar-refractivity contribution in [1.82, 2.24) is 20.2 Å². The van der Waals surface area contributed by atoms with Gasteiger partial charge >= 0.3 is 6.03 Å². The van der Waals surface area contributed by atoms with E-state index in [0.717, 1.165) is 30.7 Å². The average Bonchev–Trinajstić information content (AvgIpc) is 2.67. The van der Waals surface area contributed by atoms with Gasteiger partial charge in [0.2, 0.25) is 5.88 Å². The maximum atomic E-state index is 12.4. The maximum Gasteiger partial charge on any atom is 0.317 e. The molecule has 7 nitrogen and oxygen atoms in total. The van der Waals surface area contributed by atoms with Crippen molar-refractivity contribution in [3.05, 3.63) is 48.4 Å². The Hall–Kier alpha value is -2.83. The molecule has 25 heavy (non-hydrogen) atoms. The molecule has 1 saturated heterocycles. The highest BCUT2D eigenvalue weighted by Gasteiger charge is 2.25. The highest BCUT2D eigenvalue weighted by atomic mass is 16.5. The Morgan fingerprint density at radius 3 is 2.88 bits per heavy atom. The molecule has 1 aliphatic rings. The van der Waals surface area contributed by atoms with Crippen LogP contribution in [-0.2, 0) is 6.54 Å². The van der Waals surface area contributed by atoms with Crippen molar-refractivity contribution < 1.29 is 14.3 Å². The van der Waals surface area contributed by atoms with Gasteiger partial charge in [0.15, 0.2) is 0 Å². The molecule has 2 aromatic rings. The highest BCUT2D eigenvalue weighted by molar-refractivity contribution is 5.74. The van der Waals surface area contributed by atoms with Crippen LogP contribution in [0.4, 0.5) is 4.79 Å². The minimum Gasteiger partial charge on any atom is -0.497 e. The molecule has 3 rings (SSSR count). The molecular weight excluding hydrogens is 320 g/mol. The number of hydrogen-bond donors (Lipinski definition) is 1. The van der Waals surface area contributed by atoms with Crippen molar-refractivity contribution in [2.45, 2.75) is 25.5 Å². The number of benzene rings is 1. The van der Waals surface area contributed by atoms with Crippen molar-refractivity contribution in [3.63, 3.8) is 0 Å². The van der Waals surface area contributed by atoms with Crippen LogP contribution in [-0.4, -0.2) is 47.2 Å². The topological polar surface area (TPSA) is 76.6 Å². The lowest BCUT2D eigenvalue weighted by molar-refractivity contribution is 0.0976. The van der Waals surface area contributed by atoms with Gasteiger partial charge < -0.3 is 19.7 Å². The van der Waals surface area contributed by atoms with Crippen LogP contribution in [0.15, 0.2) is 42.9 Å². The van der Waals surface area contributed by atoms with Gasteiger partial charge in [0.1, 0.15) is 18.2 Å². The number of hydrogen-bond acceptors (Lipinski definition) is 5. The second kappa shape index (κ2) is 8.32. The second-order valence-electron chi connectivity index (χ2n) is 5.88. The van der Waals surface area contributed by atoms with Gasteiger partial charge in [-0.1, -0.05) is 12.1 Å². The molecule has 2 heterocycles. The Bertz CT molecular complexity index is 678. The summed E-state index contributed by atoms with van der Waals surface area (Å²) < 4.78 is 11.0. The molecule has 1 fully saturated rings. The molecule has 0 aliphatic carbocycles. The summed E-state index contributed by atoms with van der Waals surface area (Å²) in [6.45, 7) is 1.77. The number of nitrogens with zero attached hydrogens (tertiary/aromatic N) is 3. The quantitative estimate of drug-likeness (QED) is 0.902. The van der Waals surface area contributed by atoms with E-state index in [2.05, 4.69) is 15.3 Å². The molecule has 1 aromatic heterocycles. The van der Waals surface area contributed by atoms with Crippen LogP contribution in [0.3, 0.4) is 0 Å². The first-order chi connectivity index (χ1) is 12.2. The molecule has 1 aromatic carbocycles. The number of methoxy groups -OCH3 is 1. The predicted molar refractivity (Wildman–Crippen MR) is 92.5 cm³/mol. The monoisotopic (exact) mass is 342 g/mol. The number of piperidine rings is 1. The summed E-state index contributed by atoms with van der Waals surface area (Å²) in [6.07, 6.45) is 4.87. The number of likely N-dealkylation sites (tertiary alicyclic amines) is 1. The van der Waals surface area contributed by atoms with E-state index in [1.54, 1.807) is 24.3 Å². The third-order valence-electron chi connectivity index (χ3n) is 4.11. The molecule has 1 atom stereocenters. The van der Waals surface area contributed by atoms with Crippen LogP contribution in [0, 0.1) is 0 Å². The largest absolute Gasteiger partial charge is 0.497 e. The molecule has 132 valence electrons. The Kier molecular flexibility index (Phi) is 5.66. The van der Waals surface area contributed by atoms with Gasteiger partial charge in [0.25, 0.3) is 0 Å². The summed E-state index contributed by atoms with van der Waals surface area (Å²) in [6, 6.07) is 9.30. The molecular formula is C18H22N4O3. The number of ether oxygens (including phenoxy) is 2. The fourth-order valence-electron chi connectivity index (χ4n) is 2.77. The number of rotatable bonds is 5. The molecule has 0 saturated carbocycles. The van der Waals surface area contributed by atoms with Crippen molar-refractivity contribution in [1.29, 1.82) is 0 Å². The lowest BCUT2D eigenvalue weighted by Gasteiger charge is -2.32. The van der Waals surface area contributed by atoms with Gasteiger partial charge in [0, 0.05) is 25.4 Å². The van der Waals surface area contributed by atoms with Crippen molar-refractivity contribution >= 4 is 6.03 Å². The summed E-state index contributed by atoms with van der Waals surface area (Å²) in [7, 11) is 1.63. The normalized spacial score (nSPS) is 17.0. The molecule has 1 aliphatic heterocycles. The third-order valence-corrected chi connectivity index (χ3v) is 4.11. The predicted octanol–water partition coefficient (Wildman–Crippen LogP) is 2.24. The third kappa shape index (κ3) is 4.82. The zero-order valence-electron chi connectivity index (χ0n) is 14.2. The van der Waals surface area contributed by atoms with E-state index < -0.39 is 0 Å². The second-order valence-corrected chi connectivity index (χ2v) is 5.88. The number of nitrogens with one attached hydrogen (secondary N) is 1. The Balaban J connectivity index is 1.49. The van der Waals surface area contributed by atoms with Crippen molar-refractivity contribution in [2.75, 3.05) is 20.2 Å². The maximum absolute atomic E-state index is 12.4. The van der Waals surface area contributed by atoms with Crippen molar-refractivity contribution in [3.8, 4) is 11.6 Å². The average molecular weight is 342 g/mol. The van der Waals surface area contributed by atoms with Crippen molar-refractivity contribution in [2.24, 2.45) is 0 Å². The fourth-order valence-corrected chi connectivity index (χ4v) is 2.77. The van der Waals surface area contributed by atoms with Gasteiger partial charge in [-0.15, -0.1) is 0 Å². The zero-order valence-corrected chi connectivity index (χ0v) is 14.2. The first kappa shape index (κ1) is 17.0. The van der Waals surface area contributed by atoms with Crippen LogP contribution < -0.4 is 14.8 Å². The lowest BCUT2D eigenvalue weighted by atomic mass is 10.1. The van der Waals surface area contributed by atoms with Gasteiger partial charge in [-0.3, -0.25) is 0 Å². The lowest BCUT2D eigenvalue weighted by Crippen LogP contribution is -2.48. The number of carbonyl (C=O) groups excluding carboxylic acids is 1. The Morgan fingerprint density at radius 2 is 2.16 bits per heavy atom. The van der Waals surface area contributed by atoms with E-state index in [4.69, 9.17) is 9.47 Å². The number of urea groups is 1. The first-order valence-electron chi connectivity index (χ1n) is 8.33. The number of aromatic nitrogens is 2. The molecule has 2 amide bonds. The Morgan fingerprint density at radius 1 is 1.32 bits per heavy atom. The van der Waals surface area contributed by atoms with Crippen LogP contribution in [0.1, 0.15) is 18.4 Å². The van der Waals surface area contributed by atoms with E-state index in [1.165, 1.54) is 6.33 Å². The number of carbonyl (C=O) groups is 1. The standard InChI is InChI=1S/C18H22N4O3/c1-24-15-6-4-14(5-7-15)11-20-18(23)22-10-2-3-16(12-22)25-17-8-9-19-13-21-17/h4-9,13,16H,2-3,10-12H2,1H3,(H,20,23). The highest BCUT2D eigenvalue weighted by Crippen LogP contribution is 2.16. The molecule has 0 bridgehead atoms. The minimum atomic E-state index is -0.0770. The van der Waals surface area contributed by atoms with Crippen LogP contribution in [0.2, 0.25) is 0 Å². The first-order valence-corrected chi connectivity index (χ1v) is 8.33. The summed E-state index contributed by atoms with van der Waals surface area (Å²) in [5.74, 6) is 1.34. The van der Waals surface area contributed by atoms with E-state index in [9.17, 15) is 4.79 Å². The molecule has 1 N–H and O–H groups in total. The molecule has 1 unspecified atom stereocenters. The van der Waals surface area contributed by atoms with E-state index in [1.807, 2.05) is 24.3 Å². The van der Waals surface area contributed by atoms with Gasteiger partial charge in [0.05, 0.1) is 13.7 Å². The SMILES string of the molecule is COc1ccc(CNC(=O)N2CCCC(Oc3ccncn3)C2)cc1. The van der Waals surface area contributed by atoms with E-state index in [-0.39, 0.29) is 12.1 Å². The minimum absolute atomic E-state index is 0.0459. The van der Waals surface area contributed by atoms with Gasteiger partial charge in [-0.05, 0) is 30.5 Å². The number of amides is 2. The zero-order chi connectivity index (χ0) is 17.5. The summed E-state index contributed by atoms with van der Waals surface area (Å²) in [5, 5.41) is 2.96. The molecule has 7 heteroatoms. The van der Waals surface area contributed by atoms with Crippen LogP contribution >= 0.6 is 0 Å². The smallest absolute Gasteiger partial charge is 0.317 e. The molecule has 0 spiro atoms. The van der Waals surface area contributed by atoms with E-state index in [0.29, 0.717) is 19.0 Å². The molecule has 0 radical (unpaired) electrons. The van der Waals surface area contributed by atoms with Crippen LogP contribution in [0.25, 0.3) is 0 Å². The summed E-state index contributed by atoms with van der Waals surface area (Å²) in [4.78, 5) is 22.1. The van der Waals surface area contributed by atoms with E-state index >= 15 is 0 Å². The van der Waals surface area contributed by atoms with Crippen LogP contribution in [0.5, 0.6) is 11.6 Å². The van der Waals surface area contributed by atoms with Gasteiger partial charge in [-0.25, -0.2) is 14.8 Å². The summed E-state index contributed by atoms with van der Waals surface area (Å²) >= 11 is 0. The van der Waals surface area contributed by atoms with Gasteiger partial charge in [-0.2, -0.15) is 0 Å².